The molecule has 0 aliphatic carbocycles. The van der Waals surface area contributed by atoms with Gasteiger partial charge in [0.15, 0.2) is 0 Å². The average molecular weight is 171 g/mol. The Labute approximate surface area is 76.0 Å². The van der Waals surface area contributed by atoms with E-state index in [2.05, 4.69) is 18.8 Å². The lowest BCUT2D eigenvalue weighted by Crippen LogP contribution is -2.21. The van der Waals surface area contributed by atoms with Crippen LogP contribution in [0, 0.1) is 5.92 Å². The largest absolute Gasteiger partial charge is 0.499 e. The van der Waals surface area contributed by atoms with Gasteiger partial charge in [-0.25, -0.2) is 0 Å². The highest BCUT2D eigenvalue weighted by Gasteiger charge is 2.10. The zero-order valence-electron chi connectivity index (χ0n) is 8.52. The third-order valence-corrected chi connectivity index (χ3v) is 1.87. The van der Waals surface area contributed by atoms with Crippen LogP contribution in [0.5, 0.6) is 0 Å². The summed E-state index contributed by atoms with van der Waals surface area (Å²) in [5, 5.41) is 3.15. The standard InChI is InChI=1S/C10H21NO/c1-5-7-10(8-11-4)9(3)12-6-2/h10-11H,3,5-8H2,1-2,4H3. The lowest BCUT2D eigenvalue weighted by atomic mass is 10.0. The topological polar surface area (TPSA) is 21.3 Å². The minimum Gasteiger partial charge on any atom is -0.499 e. The van der Waals surface area contributed by atoms with E-state index in [1.165, 1.54) is 6.42 Å². The second kappa shape index (κ2) is 7.17. The predicted octanol–water partition coefficient (Wildman–Crippen LogP) is 2.17. The molecular weight excluding hydrogens is 150 g/mol. The van der Waals surface area contributed by atoms with Crippen LogP contribution in [0.2, 0.25) is 0 Å². The molecule has 1 unspecified atom stereocenters. The second-order valence-corrected chi connectivity index (χ2v) is 2.94. The normalized spacial score (nSPS) is 12.6. The molecule has 0 aromatic heterocycles. The minimum absolute atomic E-state index is 0.472. The van der Waals surface area contributed by atoms with Crippen LogP contribution in [-0.4, -0.2) is 20.2 Å². The quantitative estimate of drug-likeness (QED) is 0.593. The SMILES string of the molecule is C=C(OCC)C(CCC)CNC. The first kappa shape index (κ1) is 11.5. The van der Waals surface area contributed by atoms with Crippen molar-refractivity contribution in [1.82, 2.24) is 5.32 Å². The van der Waals surface area contributed by atoms with Crippen molar-refractivity contribution in [3.05, 3.63) is 12.3 Å². The highest BCUT2D eigenvalue weighted by atomic mass is 16.5. The van der Waals surface area contributed by atoms with Gasteiger partial charge in [-0.05, 0) is 20.4 Å². The van der Waals surface area contributed by atoms with E-state index in [0.717, 1.165) is 25.3 Å². The van der Waals surface area contributed by atoms with Crippen LogP contribution in [0.15, 0.2) is 12.3 Å². The number of hydrogen-bond acceptors (Lipinski definition) is 2. The Kier molecular flexibility index (Phi) is 6.87. The molecule has 0 radical (unpaired) electrons. The maximum Gasteiger partial charge on any atom is 0.0931 e. The second-order valence-electron chi connectivity index (χ2n) is 2.94. The summed E-state index contributed by atoms with van der Waals surface area (Å²) in [5.74, 6) is 1.40. The molecule has 0 aliphatic rings. The molecule has 0 aromatic rings. The van der Waals surface area contributed by atoms with Crippen molar-refractivity contribution >= 4 is 0 Å². The summed E-state index contributed by atoms with van der Waals surface area (Å²) in [6, 6.07) is 0. The van der Waals surface area contributed by atoms with Gasteiger partial charge in [-0.3, -0.25) is 0 Å². The Morgan fingerprint density at radius 3 is 2.58 bits per heavy atom. The Balaban J connectivity index is 3.81. The predicted molar refractivity (Wildman–Crippen MR) is 53.1 cm³/mol. The highest BCUT2D eigenvalue weighted by molar-refractivity contribution is 4.91. The molecule has 0 aromatic carbocycles. The van der Waals surface area contributed by atoms with Gasteiger partial charge >= 0.3 is 0 Å². The number of nitrogens with one attached hydrogen (secondary N) is 1. The molecule has 1 N–H and O–H groups in total. The summed E-state index contributed by atoms with van der Waals surface area (Å²) in [4.78, 5) is 0. The molecule has 0 bridgehead atoms. The lowest BCUT2D eigenvalue weighted by Gasteiger charge is -2.18. The van der Waals surface area contributed by atoms with Crippen LogP contribution in [0.3, 0.4) is 0 Å². The molecule has 1 atom stereocenters. The van der Waals surface area contributed by atoms with E-state index in [1.54, 1.807) is 0 Å². The zero-order valence-corrected chi connectivity index (χ0v) is 8.52. The van der Waals surface area contributed by atoms with E-state index < -0.39 is 0 Å². The molecule has 0 fully saturated rings. The minimum atomic E-state index is 0.472. The van der Waals surface area contributed by atoms with Crippen molar-refractivity contribution in [2.75, 3.05) is 20.2 Å². The summed E-state index contributed by atoms with van der Waals surface area (Å²) in [5.41, 5.74) is 0. The Hall–Kier alpha value is -0.500. The summed E-state index contributed by atoms with van der Waals surface area (Å²) < 4.78 is 5.37. The fourth-order valence-electron chi connectivity index (χ4n) is 1.27. The van der Waals surface area contributed by atoms with E-state index in [9.17, 15) is 0 Å². The van der Waals surface area contributed by atoms with E-state index in [0.29, 0.717) is 5.92 Å². The maximum atomic E-state index is 5.37. The fraction of sp³-hybridized carbons (Fsp3) is 0.800. The Morgan fingerprint density at radius 1 is 1.50 bits per heavy atom. The van der Waals surface area contributed by atoms with Gasteiger partial charge in [0.1, 0.15) is 0 Å². The van der Waals surface area contributed by atoms with Gasteiger partial charge in [-0.1, -0.05) is 19.9 Å². The van der Waals surface area contributed by atoms with Crippen LogP contribution in [0.4, 0.5) is 0 Å². The third-order valence-electron chi connectivity index (χ3n) is 1.87. The Morgan fingerprint density at radius 2 is 2.17 bits per heavy atom. The van der Waals surface area contributed by atoms with E-state index >= 15 is 0 Å². The molecule has 72 valence electrons. The molecule has 0 saturated carbocycles. The van der Waals surface area contributed by atoms with Gasteiger partial charge in [-0.15, -0.1) is 0 Å². The van der Waals surface area contributed by atoms with Gasteiger partial charge in [0.2, 0.25) is 0 Å². The number of ether oxygens (including phenoxy) is 1. The van der Waals surface area contributed by atoms with Crippen molar-refractivity contribution < 1.29 is 4.74 Å². The lowest BCUT2D eigenvalue weighted by molar-refractivity contribution is 0.187. The summed E-state index contributed by atoms with van der Waals surface area (Å²) >= 11 is 0. The molecule has 2 nitrogen and oxygen atoms in total. The van der Waals surface area contributed by atoms with Crippen LogP contribution >= 0.6 is 0 Å². The molecule has 12 heavy (non-hydrogen) atoms. The summed E-state index contributed by atoms with van der Waals surface area (Å²) in [6.45, 7) is 9.79. The molecule has 0 heterocycles. The number of rotatable bonds is 7. The molecular formula is C10H21NO. The van der Waals surface area contributed by atoms with Crippen LogP contribution in [-0.2, 0) is 4.74 Å². The molecule has 0 spiro atoms. The smallest absolute Gasteiger partial charge is 0.0931 e. The molecule has 0 amide bonds. The average Bonchev–Trinajstić information content (AvgIpc) is 2.04. The van der Waals surface area contributed by atoms with Gasteiger partial charge in [0.05, 0.1) is 12.4 Å². The summed E-state index contributed by atoms with van der Waals surface area (Å²) in [6.07, 6.45) is 2.33. The van der Waals surface area contributed by atoms with Crippen LogP contribution < -0.4 is 5.32 Å². The molecule has 2 heteroatoms. The van der Waals surface area contributed by atoms with Gasteiger partial charge in [0.25, 0.3) is 0 Å². The first-order chi connectivity index (χ1) is 5.76. The van der Waals surface area contributed by atoms with Gasteiger partial charge in [0, 0.05) is 12.5 Å². The van der Waals surface area contributed by atoms with Gasteiger partial charge < -0.3 is 10.1 Å². The number of hydrogen-bond donors (Lipinski definition) is 1. The summed E-state index contributed by atoms with van der Waals surface area (Å²) in [7, 11) is 1.96. The zero-order chi connectivity index (χ0) is 9.40. The fourth-order valence-corrected chi connectivity index (χ4v) is 1.27. The van der Waals surface area contributed by atoms with Crippen LogP contribution in [0.1, 0.15) is 26.7 Å². The first-order valence-electron chi connectivity index (χ1n) is 4.72. The van der Waals surface area contributed by atoms with Crippen molar-refractivity contribution in [2.24, 2.45) is 5.92 Å². The van der Waals surface area contributed by atoms with E-state index in [1.807, 2.05) is 14.0 Å². The monoisotopic (exact) mass is 171 g/mol. The Bertz CT molecular complexity index is 117. The highest BCUT2D eigenvalue weighted by Crippen LogP contribution is 2.15. The first-order valence-corrected chi connectivity index (χ1v) is 4.72. The third kappa shape index (κ3) is 4.39. The van der Waals surface area contributed by atoms with Gasteiger partial charge in [-0.2, -0.15) is 0 Å². The molecule has 0 aliphatic heterocycles. The van der Waals surface area contributed by atoms with Crippen LogP contribution in [0.25, 0.3) is 0 Å². The maximum absolute atomic E-state index is 5.37. The van der Waals surface area contributed by atoms with Crippen molar-refractivity contribution in [2.45, 2.75) is 26.7 Å². The van der Waals surface area contributed by atoms with E-state index in [4.69, 9.17) is 4.74 Å². The van der Waals surface area contributed by atoms with E-state index in [-0.39, 0.29) is 0 Å². The molecule has 0 saturated heterocycles. The van der Waals surface area contributed by atoms with Crippen molar-refractivity contribution in [1.29, 1.82) is 0 Å². The molecule has 0 rings (SSSR count). The van der Waals surface area contributed by atoms with Crippen molar-refractivity contribution in [3.8, 4) is 0 Å². The van der Waals surface area contributed by atoms with Crippen molar-refractivity contribution in [3.63, 3.8) is 0 Å².